The summed E-state index contributed by atoms with van der Waals surface area (Å²) in [4.78, 5) is 179. The number of aliphatic imine (C=N–C) groups is 2. The zero-order valence-corrected chi connectivity index (χ0v) is 52.3. The largest absolute Gasteiger partial charge is 0.481 e. The van der Waals surface area contributed by atoms with E-state index in [1.54, 1.807) is 44.2 Å². The third-order valence-corrected chi connectivity index (χ3v) is 14.1. The van der Waals surface area contributed by atoms with Gasteiger partial charge in [-0.05, 0) is 63.0 Å². The van der Waals surface area contributed by atoms with Crippen LogP contribution in [0.25, 0.3) is 0 Å². The maximum absolute atomic E-state index is 13.8. The molecule has 91 heavy (non-hydrogen) atoms. The maximum Gasteiger partial charge on any atom is 0.326 e. The molecule has 11 atom stereocenters. The lowest BCUT2D eigenvalue weighted by Gasteiger charge is -2.26. The number of thiol groups is 2. The van der Waals surface area contributed by atoms with Crippen molar-refractivity contribution in [2.24, 2.45) is 50.3 Å². The Morgan fingerprint density at radius 3 is 1.32 bits per heavy atom. The number of nitrogens with zero attached hydrogens (tertiary/aromatic N) is 2. The van der Waals surface area contributed by atoms with Crippen molar-refractivity contribution >= 4 is 114 Å². The topological polar surface area (TPSA) is 616 Å². The molecule has 0 fully saturated rings. The predicted molar refractivity (Wildman–Crippen MR) is 335 cm³/mol. The highest BCUT2D eigenvalue weighted by molar-refractivity contribution is 7.80. The van der Waals surface area contributed by atoms with Gasteiger partial charge in [0.15, 0.2) is 11.9 Å². The summed E-state index contributed by atoms with van der Waals surface area (Å²) in [6.07, 6.45) is 0.153. The van der Waals surface area contributed by atoms with Crippen molar-refractivity contribution in [1.29, 1.82) is 0 Å². The van der Waals surface area contributed by atoms with Crippen molar-refractivity contribution in [1.82, 2.24) is 58.5 Å². The van der Waals surface area contributed by atoms with Crippen LogP contribution in [0.15, 0.2) is 40.3 Å². The molecule has 11 amide bonds. The first kappa shape index (κ1) is 80.4. The number of amides is 11. The third-order valence-electron chi connectivity index (χ3n) is 13.4. The highest BCUT2D eigenvalue weighted by Crippen LogP contribution is 2.09. The van der Waals surface area contributed by atoms with Crippen molar-refractivity contribution < 1.29 is 82.8 Å². The number of nitrogens with one attached hydrogen (secondary N) is 11. The van der Waals surface area contributed by atoms with Crippen LogP contribution in [-0.2, 0) is 68.7 Å². The molecule has 36 nitrogen and oxygen atoms in total. The molecule has 38 heteroatoms. The van der Waals surface area contributed by atoms with Crippen LogP contribution >= 0.6 is 25.3 Å². The summed E-state index contributed by atoms with van der Waals surface area (Å²) in [5.41, 5.74) is 33.6. The van der Waals surface area contributed by atoms with Gasteiger partial charge in [0.05, 0.1) is 38.8 Å². The van der Waals surface area contributed by atoms with Gasteiger partial charge < -0.3 is 113 Å². The second-order valence-corrected chi connectivity index (χ2v) is 21.3. The van der Waals surface area contributed by atoms with E-state index in [1.165, 1.54) is 0 Å². The number of guanidine groups is 2. The summed E-state index contributed by atoms with van der Waals surface area (Å²) in [6.45, 7) is -0.146. The van der Waals surface area contributed by atoms with Crippen LogP contribution in [0.1, 0.15) is 77.2 Å². The second kappa shape index (κ2) is 44.0. The monoisotopic (exact) mass is 1330 g/mol. The molecule has 0 spiro atoms. The maximum atomic E-state index is 13.8. The molecule has 27 N–H and O–H groups in total. The fourth-order valence-electron chi connectivity index (χ4n) is 8.00. The Bertz CT molecular complexity index is 2660. The normalized spacial score (nSPS) is 14.5. The van der Waals surface area contributed by atoms with E-state index < -0.39 is 176 Å². The SMILES string of the molecule is CC[C@H](C)[C@H](N)C(=O)N[C@@H](CS)C(=O)N[C@@H](CC(=O)O)C(=O)NCC(=O)N[C@@H](Cc1ccccc1)C(=O)N[C@@H](CO)C(=O)N[C@@H](CO)C(=O)N[C@@H](CS)C(=O)N[C@@H](CCCN=C(N)N)C(=O)NCC(=O)N[C@@H](CCCN=C(N)N)C(=O)N[C@@H](CCCCN)C(=O)O. The zero-order valence-electron chi connectivity index (χ0n) is 50.5. The average Bonchev–Trinajstić information content (AvgIpc) is 3.36. The van der Waals surface area contributed by atoms with Crippen molar-refractivity contribution in [2.45, 2.75) is 138 Å². The van der Waals surface area contributed by atoms with Gasteiger partial charge in [0, 0.05) is 31.0 Å². The Morgan fingerprint density at radius 1 is 0.495 bits per heavy atom. The smallest absolute Gasteiger partial charge is 0.326 e. The number of aliphatic carboxylic acids is 2. The van der Waals surface area contributed by atoms with Gasteiger partial charge in [0.2, 0.25) is 65.0 Å². The summed E-state index contributed by atoms with van der Waals surface area (Å²) >= 11 is 8.22. The number of carbonyl (C=O) groups is 13. The van der Waals surface area contributed by atoms with Crippen LogP contribution < -0.4 is 92.9 Å². The van der Waals surface area contributed by atoms with Gasteiger partial charge >= 0.3 is 11.9 Å². The molecule has 1 rings (SSSR count). The molecule has 1 aromatic rings. The van der Waals surface area contributed by atoms with Crippen LogP contribution in [-0.4, -0.2) is 227 Å². The van der Waals surface area contributed by atoms with Crippen LogP contribution in [0, 0.1) is 5.92 Å². The number of carboxylic acid groups (broad SMARTS) is 2. The van der Waals surface area contributed by atoms with Crippen molar-refractivity contribution in [3.63, 3.8) is 0 Å². The summed E-state index contributed by atoms with van der Waals surface area (Å²) in [7, 11) is 0. The molecule has 0 aliphatic rings. The van der Waals surface area contributed by atoms with Crippen LogP contribution in [0.2, 0.25) is 0 Å². The van der Waals surface area contributed by atoms with E-state index in [2.05, 4.69) is 93.7 Å². The van der Waals surface area contributed by atoms with Crippen molar-refractivity contribution in [2.75, 3.05) is 57.4 Å². The van der Waals surface area contributed by atoms with Gasteiger partial charge in [-0.1, -0.05) is 50.6 Å². The third kappa shape index (κ3) is 32.1. The van der Waals surface area contributed by atoms with Crippen molar-refractivity contribution in [3.05, 3.63) is 35.9 Å². The molecule has 0 saturated heterocycles. The molecule has 1 aromatic carbocycles. The molecule has 0 radical (unpaired) electrons. The van der Waals surface area contributed by atoms with Gasteiger partial charge in [-0.25, -0.2) is 4.79 Å². The van der Waals surface area contributed by atoms with Crippen LogP contribution in [0.4, 0.5) is 0 Å². The van der Waals surface area contributed by atoms with E-state index in [4.69, 9.17) is 34.4 Å². The van der Waals surface area contributed by atoms with E-state index in [9.17, 15) is 82.8 Å². The van der Waals surface area contributed by atoms with Crippen LogP contribution in [0.5, 0.6) is 0 Å². The highest BCUT2D eigenvalue weighted by atomic mass is 32.1. The summed E-state index contributed by atoms with van der Waals surface area (Å²) in [5.74, 6) is -15.6. The van der Waals surface area contributed by atoms with E-state index in [-0.39, 0.29) is 81.7 Å². The van der Waals surface area contributed by atoms with E-state index >= 15 is 0 Å². The molecular weight excluding hydrogens is 1240 g/mol. The summed E-state index contributed by atoms with van der Waals surface area (Å²) in [5, 5.41) is 65.2. The minimum atomic E-state index is -1.89. The Balaban J connectivity index is 3.24. The number of benzene rings is 1. The fourth-order valence-corrected chi connectivity index (χ4v) is 8.51. The lowest BCUT2D eigenvalue weighted by atomic mass is 9.99. The second-order valence-electron chi connectivity index (χ2n) is 20.6. The minimum absolute atomic E-state index is 0.0369. The number of carbonyl (C=O) groups excluding carboxylic acids is 11. The lowest BCUT2D eigenvalue weighted by Crippen LogP contribution is -2.61. The number of aliphatic hydroxyl groups excluding tert-OH is 2. The first-order chi connectivity index (χ1) is 43.0. The number of carboxylic acids is 2. The van der Waals surface area contributed by atoms with E-state index in [1.807, 2.05) is 0 Å². The standard InChI is InChI=1S/C53H89N19O17S2/c1-3-27(2)41(55)50(87)72-37(26-91)49(86)68-33(20-40(77)78)43(80)63-22-39(76)65-32(19-28-11-5-4-6-12-28)45(82)69-34(23-73)46(83)70-35(24-74)47(84)71-36(25-90)48(85)66-29(14-9-17-60-52(56)57)42(79)62-21-38(75)64-30(15-10-18-61-53(58)59)44(81)67-31(51(88)89)13-7-8-16-54/h4-6,11-12,27,29-37,41,73-74,90-91H,3,7-10,13-26,54-55H2,1-2H3,(H,62,79)(H,63,80)(H,64,75)(H,65,76)(H,66,85)(H,67,81)(H,68,86)(H,69,82)(H,70,83)(H,71,84)(H,72,87)(H,77,78)(H,88,89)(H4,56,57,60)(H4,58,59,61)/t27-,29-,30-,31-,32-,33-,34-,35-,36-,37-,41-/m0/s1. The molecule has 0 saturated carbocycles. The fraction of sp³-hybridized carbons (Fsp3) is 0.604. The van der Waals surface area contributed by atoms with Gasteiger partial charge in [-0.15, -0.1) is 0 Å². The van der Waals surface area contributed by atoms with E-state index in [0.717, 1.165) is 0 Å². The Morgan fingerprint density at radius 2 is 0.879 bits per heavy atom. The minimum Gasteiger partial charge on any atom is -0.481 e. The zero-order chi connectivity index (χ0) is 68.8. The number of aliphatic hydroxyl groups is 2. The Kier molecular flexibility index (Phi) is 38.9. The Hall–Kier alpha value is -8.59. The molecule has 0 unspecified atom stereocenters. The average molecular weight is 1330 g/mol. The molecular formula is C53H89N19O17S2. The molecule has 0 aliphatic heterocycles. The highest BCUT2D eigenvalue weighted by Gasteiger charge is 2.35. The summed E-state index contributed by atoms with van der Waals surface area (Å²) in [6, 6.07) is -7.18. The first-order valence-electron chi connectivity index (χ1n) is 28.8. The molecule has 0 bridgehead atoms. The van der Waals surface area contributed by atoms with E-state index in [0.29, 0.717) is 24.8 Å². The number of nitrogens with two attached hydrogens (primary N) is 6. The molecule has 0 heterocycles. The van der Waals surface area contributed by atoms with Gasteiger partial charge in [0.1, 0.15) is 54.4 Å². The number of hydrogen-bond acceptors (Lipinski definition) is 21. The van der Waals surface area contributed by atoms with Crippen molar-refractivity contribution in [3.8, 4) is 0 Å². The predicted octanol–water partition coefficient (Wildman–Crippen LogP) is -9.16. The number of hydrogen-bond donors (Lipinski definition) is 23. The first-order valence-corrected chi connectivity index (χ1v) is 30.1. The number of unbranched alkanes of at least 4 members (excludes halogenated alkanes) is 1. The molecule has 0 aromatic heterocycles. The quantitative estimate of drug-likeness (QED) is 0.0125. The summed E-state index contributed by atoms with van der Waals surface area (Å²) < 4.78 is 0. The van der Waals surface area contributed by atoms with Gasteiger partial charge in [-0.2, -0.15) is 25.3 Å². The van der Waals surface area contributed by atoms with Crippen LogP contribution in [0.3, 0.4) is 0 Å². The number of rotatable bonds is 45. The molecule has 510 valence electrons. The van der Waals surface area contributed by atoms with Gasteiger partial charge in [0.25, 0.3) is 0 Å². The lowest BCUT2D eigenvalue weighted by molar-refractivity contribution is -0.142. The van der Waals surface area contributed by atoms with Gasteiger partial charge in [-0.3, -0.25) is 67.5 Å². The Labute approximate surface area is 535 Å². The molecule has 0 aliphatic carbocycles.